The molecule has 0 radical (unpaired) electrons. The van der Waals surface area contributed by atoms with Crippen molar-refractivity contribution in [2.45, 2.75) is 82.0 Å². The summed E-state index contributed by atoms with van der Waals surface area (Å²) in [5, 5.41) is 12.3. The van der Waals surface area contributed by atoms with Crippen LogP contribution in [0.1, 0.15) is 78.9 Å². The molecule has 2 N–H and O–H groups in total. The van der Waals surface area contributed by atoms with E-state index in [1.54, 1.807) is 25.1 Å². The first kappa shape index (κ1) is 33.2. The average molecular weight is 694 g/mol. The van der Waals surface area contributed by atoms with Crippen LogP contribution in [0.2, 0.25) is 5.02 Å². The van der Waals surface area contributed by atoms with Crippen molar-refractivity contribution < 1.29 is 27.5 Å². The van der Waals surface area contributed by atoms with Crippen molar-refractivity contribution in [3.8, 4) is 5.75 Å². The predicted molar refractivity (Wildman–Crippen MR) is 185 cm³/mol. The van der Waals surface area contributed by atoms with Crippen molar-refractivity contribution in [2.75, 3.05) is 24.6 Å². The number of hydrogen-bond acceptors (Lipinski definition) is 8. The van der Waals surface area contributed by atoms with Crippen LogP contribution < -0.4 is 14.4 Å². The second-order valence-corrected chi connectivity index (χ2v) is 17.0. The molecule has 7 rings (SSSR count). The van der Waals surface area contributed by atoms with Gasteiger partial charge in [0.05, 0.1) is 28.8 Å². The number of aromatic nitrogens is 1. The number of hydrogen-bond donors (Lipinski definition) is 2. The third kappa shape index (κ3) is 6.05. The van der Waals surface area contributed by atoms with Gasteiger partial charge in [-0.3, -0.25) is 4.79 Å². The molecule has 0 unspecified atom stereocenters. The van der Waals surface area contributed by atoms with Gasteiger partial charge in [0.15, 0.2) is 6.39 Å². The molecular weight excluding hydrogens is 650 g/mol. The molecule has 1 saturated carbocycles. The van der Waals surface area contributed by atoms with Crippen LogP contribution in [0.4, 0.5) is 5.69 Å². The fourth-order valence-corrected chi connectivity index (χ4v) is 9.80. The number of carbonyl (C=O) groups excluding carboxylic acids is 1. The van der Waals surface area contributed by atoms with E-state index in [2.05, 4.69) is 26.7 Å². The van der Waals surface area contributed by atoms with Crippen LogP contribution in [0, 0.1) is 24.7 Å². The molecule has 48 heavy (non-hydrogen) atoms. The highest BCUT2D eigenvalue weighted by molar-refractivity contribution is 7.90. The molecule has 256 valence electrons. The maximum absolute atomic E-state index is 13.5. The van der Waals surface area contributed by atoms with Gasteiger partial charge >= 0.3 is 0 Å². The highest BCUT2D eigenvalue weighted by atomic mass is 35.5. The van der Waals surface area contributed by atoms with Crippen LogP contribution in [-0.2, 0) is 28.3 Å². The van der Waals surface area contributed by atoms with Crippen molar-refractivity contribution in [3.05, 3.63) is 88.1 Å². The van der Waals surface area contributed by atoms with Gasteiger partial charge in [-0.05, 0) is 112 Å². The van der Waals surface area contributed by atoms with Gasteiger partial charge in [-0.1, -0.05) is 36.7 Å². The number of rotatable bonds is 2. The predicted octanol–water partition coefficient (Wildman–Crippen LogP) is 6.15. The van der Waals surface area contributed by atoms with E-state index >= 15 is 0 Å². The van der Waals surface area contributed by atoms with Gasteiger partial charge in [-0.25, -0.2) is 18.1 Å². The first-order valence-electron chi connectivity index (χ1n) is 17.0. The normalized spacial score (nSPS) is 32.2. The van der Waals surface area contributed by atoms with Crippen molar-refractivity contribution >= 4 is 33.2 Å². The number of amides is 1. The molecule has 9 nitrogen and oxygen atoms in total. The molecule has 6 atom stereocenters. The van der Waals surface area contributed by atoms with E-state index in [4.69, 9.17) is 20.8 Å². The van der Waals surface area contributed by atoms with Gasteiger partial charge < -0.3 is 19.2 Å². The molecule has 2 aliphatic carbocycles. The van der Waals surface area contributed by atoms with E-state index in [9.17, 15) is 18.3 Å². The molecule has 1 amide bonds. The summed E-state index contributed by atoms with van der Waals surface area (Å²) in [6.45, 7) is 7.08. The first-order chi connectivity index (χ1) is 22.9. The number of nitrogens with zero attached hydrogens (tertiary/aromatic N) is 2. The van der Waals surface area contributed by atoms with Gasteiger partial charge in [0.2, 0.25) is 10.0 Å². The Labute approximate surface area is 287 Å². The molecule has 2 bridgehead atoms. The minimum Gasteiger partial charge on any atom is -0.490 e. The van der Waals surface area contributed by atoms with Crippen LogP contribution in [0.3, 0.4) is 0 Å². The fourth-order valence-electron chi connectivity index (χ4n) is 8.32. The molecule has 1 spiro atoms. The molecule has 4 aliphatic rings. The Morgan fingerprint density at radius 1 is 1.17 bits per heavy atom. The lowest BCUT2D eigenvalue weighted by Crippen LogP contribution is -2.53. The third-order valence-electron chi connectivity index (χ3n) is 11.5. The van der Waals surface area contributed by atoms with Gasteiger partial charge in [-0.2, -0.15) is 0 Å². The van der Waals surface area contributed by atoms with E-state index in [1.807, 2.05) is 32.1 Å². The smallest absolute Gasteiger partial charge is 0.264 e. The zero-order valence-electron chi connectivity index (χ0n) is 27.7. The van der Waals surface area contributed by atoms with E-state index in [0.29, 0.717) is 37.6 Å². The number of sulfonamides is 1. The highest BCUT2D eigenvalue weighted by Crippen LogP contribution is 2.49. The second-order valence-electron chi connectivity index (χ2n) is 14.6. The fraction of sp³-hybridized carbons (Fsp3) is 0.514. The Morgan fingerprint density at radius 3 is 2.75 bits per heavy atom. The molecular formula is C37H44ClN3O6S. The van der Waals surface area contributed by atoms with E-state index in [1.165, 1.54) is 17.5 Å². The van der Waals surface area contributed by atoms with E-state index in [-0.39, 0.29) is 35.2 Å². The standard InChI is InChI=1S/C37H44ClN3O6S/c1-23-6-4-15-37(43,18-34-24(2)39-22-47-34)31-11-8-28(31)19-41-20-36(14-5-7-26-16-29(38)10-12-30(26)36)21-46-33-13-9-27(17-32(33)41)35(42)40-48(44,45)25(23)3/h4,9-10,12-13,15-17,22-23,25,28,31,43H,5-8,11,14,18-21H2,1-3H3,(H,40,42)/b15-4-/t23-,25+,28-,31+,36-,37+/m0/s1. The number of fused-ring (bicyclic) bond motifs is 4. The number of carbonyl (C=O) groups is 1. The van der Waals surface area contributed by atoms with Crippen LogP contribution >= 0.6 is 11.6 Å². The topological polar surface area (TPSA) is 122 Å². The van der Waals surface area contributed by atoms with Crippen molar-refractivity contribution in [3.63, 3.8) is 0 Å². The Hall–Kier alpha value is -3.34. The highest BCUT2D eigenvalue weighted by Gasteiger charge is 2.48. The molecule has 11 heteroatoms. The van der Waals surface area contributed by atoms with Crippen LogP contribution in [0.25, 0.3) is 0 Å². The summed E-state index contributed by atoms with van der Waals surface area (Å²) >= 11 is 6.44. The largest absolute Gasteiger partial charge is 0.490 e. The van der Waals surface area contributed by atoms with Gasteiger partial charge in [0.1, 0.15) is 11.5 Å². The average Bonchev–Trinajstić information content (AvgIpc) is 3.35. The van der Waals surface area contributed by atoms with E-state index < -0.39 is 26.8 Å². The number of allylic oxidation sites excluding steroid dienone is 1. The number of oxazole rings is 1. The monoisotopic (exact) mass is 693 g/mol. The third-order valence-corrected chi connectivity index (χ3v) is 13.7. The minimum absolute atomic E-state index is 0.0740. The minimum atomic E-state index is -4.00. The molecule has 3 heterocycles. The van der Waals surface area contributed by atoms with Gasteiger partial charge in [-0.15, -0.1) is 0 Å². The molecule has 2 aliphatic heterocycles. The summed E-state index contributed by atoms with van der Waals surface area (Å²) in [6, 6.07) is 11.3. The molecule has 1 aromatic heterocycles. The number of halogens is 1. The Balaban J connectivity index is 1.33. The molecule has 0 saturated heterocycles. The Kier molecular flexibility index (Phi) is 8.65. The summed E-state index contributed by atoms with van der Waals surface area (Å²) in [4.78, 5) is 20.1. The lowest BCUT2D eigenvalue weighted by Gasteiger charge is -2.49. The number of benzene rings is 2. The van der Waals surface area contributed by atoms with E-state index in [0.717, 1.165) is 48.5 Å². The van der Waals surface area contributed by atoms with Crippen LogP contribution in [0.15, 0.2) is 59.4 Å². The number of nitrogens with one attached hydrogen (secondary N) is 1. The Bertz CT molecular complexity index is 1860. The summed E-state index contributed by atoms with van der Waals surface area (Å²) in [7, 11) is -4.00. The summed E-state index contributed by atoms with van der Waals surface area (Å²) < 4.78 is 41.5. The molecule has 3 aromatic rings. The molecule has 2 aromatic carbocycles. The summed E-state index contributed by atoms with van der Waals surface area (Å²) in [6.07, 6.45) is 10.5. The number of anilines is 1. The van der Waals surface area contributed by atoms with Crippen molar-refractivity contribution in [1.82, 2.24) is 9.71 Å². The maximum Gasteiger partial charge on any atom is 0.264 e. The summed E-state index contributed by atoms with van der Waals surface area (Å²) in [5.41, 5.74) is 2.67. The molecule has 1 fully saturated rings. The van der Waals surface area contributed by atoms with Gasteiger partial charge in [0.25, 0.3) is 5.91 Å². The number of ether oxygens (including phenoxy) is 1. The van der Waals surface area contributed by atoms with Gasteiger partial charge in [0, 0.05) is 35.5 Å². The second kappa shape index (κ2) is 12.5. The summed E-state index contributed by atoms with van der Waals surface area (Å²) in [5.74, 6) is 0.390. The Morgan fingerprint density at radius 2 is 2.00 bits per heavy atom. The lowest BCUT2D eigenvalue weighted by molar-refractivity contribution is -0.0475. The first-order valence-corrected chi connectivity index (χ1v) is 19.0. The van der Waals surface area contributed by atoms with Crippen LogP contribution in [0.5, 0.6) is 5.75 Å². The number of aryl methyl sites for hydroxylation is 2. The zero-order valence-corrected chi connectivity index (χ0v) is 29.3. The maximum atomic E-state index is 13.5. The zero-order chi connectivity index (χ0) is 33.8. The van der Waals surface area contributed by atoms with Crippen molar-refractivity contribution in [2.24, 2.45) is 17.8 Å². The van der Waals surface area contributed by atoms with Crippen molar-refractivity contribution in [1.29, 1.82) is 0 Å². The lowest BCUT2D eigenvalue weighted by atomic mass is 9.62. The number of aliphatic hydroxyl groups is 1. The quantitative estimate of drug-likeness (QED) is 0.307. The van der Waals surface area contributed by atoms with Crippen LogP contribution in [-0.4, -0.2) is 55.0 Å². The SMILES string of the molecule is Cc1ncoc1C[C@]1(O)/C=C\C[C@H](C)[C@@H](C)S(=O)(=O)NC(=O)c2ccc3c(c2)N(C[C@@H]2CC[C@H]21)C[C@@]1(CCCc2cc(Cl)ccc21)CO3.